The van der Waals surface area contributed by atoms with Gasteiger partial charge in [0.25, 0.3) is 0 Å². The average molecular weight is 234 g/mol. The first-order chi connectivity index (χ1) is 8.24. The quantitative estimate of drug-likeness (QED) is 0.879. The van der Waals surface area contributed by atoms with Gasteiger partial charge in [-0.3, -0.25) is 4.57 Å². The van der Waals surface area contributed by atoms with Crippen molar-refractivity contribution >= 4 is 11.0 Å². The van der Waals surface area contributed by atoms with Crippen LogP contribution < -0.4 is 15.2 Å². The van der Waals surface area contributed by atoms with Gasteiger partial charge in [0.15, 0.2) is 11.5 Å². The van der Waals surface area contributed by atoms with E-state index in [4.69, 9.17) is 9.47 Å². The summed E-state index contributed by atoms with van der Waals surface area (Å²) in [4.78, 5) is 14.7. The van der Waals surface area contributed by atoms with Gasteiger partial charge in [0.2, 0.25) is 0 Å². The molecule has 0 bridgehead atoms. The minimum absolute atomic E-state index is 0.0576. The number of hydrogen-bond acceptors (Lipinski definition) is 3. The number of fused-ring (bicyclic) bond motifs is 1. The average Bonchev–Trinajstić information content (AvgIpc) is 3.10. The Morgan fingerprint density at radius 2 is 1.88 bits per heavy atom. The van der Waals surface area contributed by atoms with Crippen molar-refractivity contribution in [1.82, 2.24) is 9.55 Å². The van der Waals surface area contributed by atoms with Crippen molar-refractivity contribution in [3.8, 4) is 11.5 Å². The molecule has 2 aromatic rings. The van der Waals surface area contributed by atoms with Gasteiger partial charge in [-0.05, 0) is 12.8 Å². The van der Waals surface area contributed by atoms with Crippen molar-refractivity contribution in [2.24, 2.45) is 0 Å². The lowest BCUT2D eigenvalue weighted by atomic mass is 10.2. The van der Waals surface area contributed by atoms with Crippen LogP contribution in [0.1, 0.15) is 18.9 Å². The zero-order chi connectivity index (χ0) is 12.0. The van der Waals surface area contributed by atoms with E-state index in [1.54, 1.807) is 24.9 Å². The van der Waals surface area contributed by atoms with Gasteiger partial charge >= 0.3 is 5.69 Å². The SMILES string of the molecule is COc1cc2[nH]c(=O)n(C3CC3)c2cc1OC. The third kappa shape index (κ3) is 1.50. The van der Waals surface area contributed by atoms with Gasteiger partial charge in [0.05, 0.1) is 25.3 Å². The van der Waals surface area contributed by atoms with Crippen LogP contribution in [0.4, 0.5) is 0 Å². The molecule has 1 heterocycles. The third-order valence-corrected chi connectivity index (χ3v) is 3.13. The molecule has 0 saturated heterocycles. The highest BCUT2D eigenvalue weighted by Crippen LogP contribution is 2.38. The number of benzene rings is 1. The molecule has 0 amide bonds. The molecule has 3 rings (SSSR count). The fourth-order valence-electron chi connectivity index (χ4n) is 2.15. The molecular weight excluding hydrogens is 220 g/mol. The molecule has 0 aliphatic heterocycles. The molecule has 5 nitrogen and oxygen atoms in total. The summed E-state index contributed by atoms with van der Waals surface area (Å²) >= 11 is 0. The first-order valence-electron chi connectivity index (χ1n) is 5.61. The maximum absolute atomic E-state index is 11.8. The van der Waals surface area contributed by atoms with Crippen LogP contribution in [0.3, 0.4) is 0 Å². The van der Waals surface area contributed by atoms with E-state index in [0.717, 1.165) is 23.9 Å². The summed E-state index contributed by atoms with van der Waals surface area (Å²) in [5, 5.41) is 0. The number of aromatic amines is 1. The van der Waals surface area contributed by atoms with Crippen molar-refractivity contribution in [3.05, 3.63) is 22.6 Å². The molecule has 0 atom stereocenters. The van der Waals surface area contributed by atoms with Gasteiger partial charge < -0.3 is 14.5 Å². The molecule has 17 heavy (non-hydrogen) atoms. The van der Waals surface area contributed by atoms with Crippen LogP contribution in [0.15, 0.2) is 16.9 Å². The topological polar surface area (TPSA) is 56.2 Å². The summed E-state index contributed by atoms with van der Waals surface area (Å²) < 4.78 is 12.3. The number of imidazole rings is 1. The Hall–Kier alpha value is -1.91. The highest BCUT2D eigenvalue weighted by molar-refractivity contribution is 5.80. The number of aromatic nitrogens is 2. The number of rotatable bonds is 3. The van der Waals surface area contributed by atoms with Crippen molar-refractivity contribution in [1.29, 1.82) is 0 Å². The van der Waals surface area contributed by atoms with Crippen LogP contribution >= 0.6 is 0 Å². The number of hydrogen-bond donors (Lipinski definition) is 1. The minimum atomic E-state index is -0.0576. The van der Waals surface area contributed by atoms with Gasteiger partial charge in [-0.25, -0.2) is 4.79 Å². The van der Waals surface area contributed by atoms with E-state index in [1.807, 2.05) is 6.07 Å². The first kappa shape index (κ1) is 10.3. The largest absolute Gasteiger partial charge is 0.493 e. The number of H-pyrrole nitrogens is 1. The minimum Gasteiger partial charge on any atom is -0.493 e. The molecule has 0 spiro atoms. The maximum Gasteiger partial charge on any atom is 0.326 e. The molecule has 1 fully saturated rings. The Bertz CT molecular complexity index is 622. The molecule has 0 unspecified atom stereocenters. The summed E-state index contributed by atoms with van der Waals surface area (Å²) in [6.07, 6.45) is 2.14. The first-order valence-corrected chi connectivity index (χ1v) is 5.61. The van der Waals surface area contributed by atoms with Crippen LogP contribution in [0, 0.1) is 0 Å². The second kappa shape index (κ2) is 3.55. The Balaban J connectivity index is 2.29. The predicted molar refractivity (Wildman–Crippen MR) is 63.9 cm³/mol. The molecule has 1 aliphatic carbocycles. The summed E-state index contributed by atoms with van der Waals surface area (Å²) in [6, 6.07) is 3.99. The summed E-state index contributed by atoms with van der Waals surface area (Å²) in [6.45, 7) is 0. The molecule has 1 N–H and O–H groups in total. The fourth-order valence-corrected chi connectivity index (χ4v) is 2.15. The monoisotopic (exact) mass is 234 g/mol. The van der Waals surface area contributed by atoms with Crippen molar-refractivity contribution in [3.63, 3.8) is 0 Å². The second-order valence-electron chi connectivity index (χ2n) is 4.26. The molecule has 1 saturated carbocycles. The smallest absolute Gasteiger partial charge is 0.326 e. The van der Waals surface area contributed by atoms with Gasteiger partial charge in [-0.2, -0.15) is 0 Å². The molecule has 1 aromatic carbocycles. The molecule has 1 aliphatic rings. The van der Waals surface area contributed by atoms with Gasteiger partial charge in [-0.15, -0.1) is 0 Å². The van der Waals surface area contributed by atoms with Crippen molar-refractivity contribution in [2.45, 2.75) is 18.9 Å². The number of nitrogens with one attached hydrogen (secondary N) is 1. The Kier molecular flexibility index (Phi) is 2.14. The lowest BCUT2D eigenvalue weighted by Crippen LogP contribution is -2.14. The van der Waals surface area contributed by atoms with E-state index >= 15 is 0 Å². The molecule has 1 aromatic heterocycles. The number of nitrogens with zero attached hydrogens (tertiary/aromatic N) is 1. The molecule has 0 radical (unpaired) electrons. The predicted octanol–water partition coefficient (Wildman–Crippen LogP) is 1.68. The number of ether oxygens (including phenoxy) is 2. The fraction of sp³-hybridized carbons (Fsp3) is 0.417. The molecule has 90 valence electrons. The van der Waals surface area contributed by atoms with E-state index in [0.29, 0.717) is 17.5 Å². The number of methoxy groups -OCH3 is 2. The van der Waals surface area contributed by atoms with Crippen LogP contribution in [0.2, 0.25) is 0 Å². The molecule has 5 heteroatoms. The van der Waals surface area contributed by atoms with Crippen LogP contribution in [0.25, 0.3) is 11.0 Å². The van der Waals surface area contributed by atoms with Gasteiger partial charge in [0, 0.05) is 18.2 Å². The Labute approximate surface area is 98.0 Å². The van der Waals surface area contributed by atoms with Crippen molar-refractivity contribution < 1.29 is 9.47 Å². The Morgan fingerprint density at radius 3 is 2.47 bits per heavy atom. The summed E-state index contributed by atoms with van der Waals surface area (Å²) in [5.41, 5.74) is 1.62. The molecular formula is C12H14N2O3. The summed E-state index contributed by atoms with van der Waals surface area (Å²) in [5.74, 6) is 1.28. The highest BCUT2D eigenvalue weighted by atomic mass is 16.5. The van der Waals surface area contributed by atoms with Crippen LogP contribution in [-0.2, 0) is 0 Å². The lowest BCUT2D eigenvalue weighted by molar-refractivity contribution is 0.355. The van der Waals surface area contributed by atoms with E-state index in [-0.39, 0.29) is 5.69 Å². The van der Waals surface area contributed by atoms with E-state index in [1.165, 1.54) is 0 Å². The second-order valence-corrected chi connectivity index (χ2v) is 4.26. The lowest BCUT2D eigenvalue weighted by Gasteiger charge is -2.08. The third-order valence-electron chi connectivity index (χ3n) is 3.13. The maximum atomic E-state index is 11.8. The standard InChI is InChI=1S/C12H14N2O3/c1-16-10-5-8-9(6-11(10)17-2)14(7-3-4-7)12(15)13-8/h5-7H,3-4H2,1-2H3,(H,13,15). The zero-order valence-corrected chi connectivity index (χ0v) is 9.82. The van der Waals surface area contributed by atoms with Crippen LogP contribution in [-0.4, -0.2) is 23.8 Å². The van der Waals surface area contributed by atoms with Gasteiger partial charge in [-0.1, -0.05) is 0 Å². The summed E-state index contributed by atoms with van der Waals surface area (Å²) in [7, 11) is 3.18. The van der Waals surface area contributed by atoms with Crippen LogP contribution in [0.5, 0.6) is 11.5 Å². The van der Waals surface area contributed by atoms with E-state index in [9.17, 15) is 4.79 Å². The van der Waals surface area contributed by atoms with Gasteiger partial charge in [0.1, 0.15) is 0 Å². The highest BCUT2D eigenvalue weighted by Gasteiger charge is 2.27. The zero-order valence-electron chi connectivity index (χ0n) is 9.82. The Morgan fingerprint density at radius 1 is 1.24 bits per heavy atom. The van der Waals surface area contributed by atoms with E-state index in [2.05, 4.69) is 4.98 Å². The van der Waals surface area contributed by atoms with Crippen molar-refractivity contribution in [2.75, 3.05) is 14.2 Å². The van der Waals surface area contributed by atoms with E-state index < -0.39 is 0 Å². The normalized spacial score (nSPS) is 15.2.